The number of carbonyl (C=O) groups excluding carboxylic acids is 1. The Morgan fingerprint density at radius 3 is 2.24 bits per heavy atom. The molecule has 0 aromatic heterocycles. The normalized spacial score (nSPS) is 21.3. The molecule has 41 heavy (non-hydrogen) atoms. The van der Waals surface area contributed by atoms with Crippen molar-refractivity contribution >= 4 is 38.7 Å². The molecule has 3 aromatic carbocycles. The Morgan fingerprint density at radius 1 is 0.927 bits per heavy atom. The SMILES string of the molecule is COc1ccc(S(=O)(=O)C2CCN(c3ccccc3)CC2)cc1N1[C@@H]2CC[C@H]1CN(C(=O)c1ccc(F)cc1Cl)C2. The largest absolute Gasteiger partial charge is 0.495 e. The van der Waals surface area contributed by atoms with Crippen molar-refractivity contribution in [2.24, 2.45) is 0 Å². The van der Waals surface area contributed by atoms with E-state index in [1.165, 1.54) is 12.1 Å². The fourth-order valence-electron chi connectivity index (χ4n) is 6.60. The zero-order chi connectivity index (χ0) is 28.7. The van der Waals surface area contributed by atoms with Crippen molar-refractivity contribution in [3.05, 3.63) is 83.1 Å². The summed E-state index contributed by atoms with van der Waals surface area (Å²) in [6, 6.07) is 19.1. The Morgan fingerprint density at radius 2 is 1.61 bits per heavy atom. The molecule has 3 aliphatic rings. The van der Waals surface area contributed by atoms with Crippen molar-refractivity contribution in [3.8, 4) is 5.75 Å². The summed E-state index contributed by atoms with van der Waals surface area (Å²) in [4.78, 5) is 19.8. The number of nitrogens with zero attached hydrogens (tertiary/aromatic N) is 3. The van der Waals surface area contributed by atoms with Gasteiger partial charge < -0.3 is 19.4 Å². The number of rotatable bonds is 6. The number of methoxy groups -OCH3 is 1. The first-order valence-corrected chi connectivity index (χ1v) is 15.9. The summed E-state index contributed by atoms with van der Waals surface area (Å²) >= 11 is 6.19. The third-order valence-corrected chi connectivity index (χ3v) is 11.3. The third-order valence-electron chi connectivity index (χ3n) is 8.69. The van der Waals surface area contributed by atoms with Gasteiger partial charge in [-0.2, -0.15) is 0 Å². The molecule has 0 radical (unpaired) electrons. The number of carbonyl (C=O) groups is 1. The van der Waals surface area contributed by atoms with Crippen LogP contribution in [0.15, 0.2) is 71.6 Å². The molecular weight excluding hydrogens is 565 g/mol. The van der Waals surface area contributed by atoms with Crippen LogP contribution in [0.25, 0.3) is 0 Å². The predicted octanol–water partition coefficient (Wildman–Crippen LogP) is 5.42. The smallest absolute Gasteiger partial charge is 0.255 e. The van der Waals surface area contributed by atoms with Crippen LogP contribution in [0.1, 0.15) is 36.0 Å². The van der Waals surface area contributed by atoms with Gasteiger partial charge in [-0.1, -0.05) is 29.8 Å². The molecule has 10 heteroatoms. The minimum absolute atomic E-state index is 0.00195. The van der Waals surface area contributed by atoms with Gasteiger partial charge in [-0.25, -0.2) is 12.8 Å². The number of piperidine rings is 1. The number of ether oxygens (including phenoxy) is 1. The second-order valence-electron chi connectivity index (χ2n) is 11.0. The number of halogens is 2. The lowest BCUT2D eigenvalue weighted by Crippen LogP contribution is -2.55. The molecule has 0 saturated carbocycles. The number of hydrogen-bond acceptors (Lipinski definition) is 6. The molecule has 2 atom stereocenters. The molecular formula is C31H33ClFN3O4S. The molecule has 3 aliphatic heterocycles. The van der Waals surface area contributed by atoms with Crippen LogP contribution in [-0.2, 0) is 9.84 Å². The number of para-hydroxylation sites is 1. The topological polar surface area (TPSA) is 70.2 Å². The summed E-state index contributed by atoms with van der Waals surface area (Å²) in [5, 5.41) is -0.352. The van der Waals surface area contributed by atoms with Gasteiger partial charge in [0.05, 0.1) is 33.5 Å². The maximum absolute atomic E-state index is 13.8. The van der Waals surface area contributed by atoms with Gasteiger partial charge in [0.2, 0.25) is 0 Å². The number of anilines is 2. The summed E-state index contributed by atoms with van der Waals surface area (Å²) in [7, 11) is -1.97. The first kappa shape index (κ1) is 27.8. The highest BCUT2D eigenvalue weighted by molar-refractivity contribution is 7.92. The molecule has 1 amide bonds. The third kappa shape index (κ3) is 5.26. The fraction of sp³-hybridized carbons (Fsp3) is 0.387. The van der Waals surface area contributed by atoms with E-state index in [-0.39, 0.29) is 28.6 Å². The Bertz CT molecular complexity index is 1530. The van der Waals surface area contributed by atoms with Crippen LogP contribution in [0.4, 0.5) is 15.8 Å². The van der Waals surface area contributed by atoms with Crippen molar-refractivity contribution in [3.63, 3.8) is 0 Å². The highest BCUT2D eigenvalue weighted by atomic mass is 35.5. The lowest BCUT2D eigenvalue weighted by atomic mass is 10.1. The molecule has 216 valence electrons. The average molecular weight is 598 g/mol. The van der Waals surface area contributed by atoms with Crippen LogP contribution in [0.2, 0.25) is 5.02 Å². The standard InChI is InChI=1S/C31H33ClFN3O4S/c1-40-30-12-10-26(41(38,39)25-13-15-34(16-14-25)22-5-3-2-4-6-22)18-29(30)36-23-8-9-24(36)20-35(19-23)31(37)27-11-7-21(33)17-28(27)32/h2-7,10-12,17-18,23-25H,8-9,13-16,19-20H2,1H3/t23-,24+. The number of fused-ring (bicyclic) bond motifs is 2. The van der Waals surface area contributed by atoms with Gasteiger partial charge in [-0.3, -0.25) is 4.79 Å². The molecule has 6 rings (SSSR count). The predicted molar refractivity (Wildman–Crippen MR) is 158 cm³/mol. The van der Waals surface area contributed by atoms with E-state index in [2.05, 4.69) is 21.9 Å². The van der Waals surface area contributed by atoms with Gasteiger partial charge in [0.15, 0.2) is 9.84 Å². The van der Waals surface area contributed by atoms with E-state index < -0.39 is 20.9 Å². The van der Waals surface area contributed by atoms with Gasteiger partial charge in [0, 0.05) is 44.0 Å². The van der Waals surface area contributed by atoms with Crippen LogP contribution >= 0.6 is 11.6 Å². The fourth-order valence-corrected chi connectivity index (χ4v) is 8.60. The van der Waals surface area contributed by atoms with Crippen LogP contribution < -0.4 is 14.5 Å². The quantitative estimate of drug-likeness (QED) is 0.378. The Hall–Kier alpha value is -3.30. The summed E-state index contributed by atoms with van der Waals surface area (Å²) in [6.45, 7) is 2.30. The van der Waals surface area contributed by atoms with Crippen molar-refractivity contribution in [2.75, 3.05) is 43.1 Å². The lowest BCUT2D eigenvalue weighted by molar-refractivity contribution is 0.0718. The minimum atomic E-state index is -3.56. The van der Waals surface area contributed by atoms with Gasteiger partial charge in [0.25, 0.3) is 5.91 Å². The van der Waals surface area contributed by atoms with Crippen molar-refractivity contribution in [1.29, 1.82) is 0 Å². The number of likely N-dealkylation sites (tertiary alicyclic amines) is 1. The monoisotopic (exact) mass is 597 g/mol. The van der Waals surface area contributed by atoms with E-state index in [0.29, 0.717) is 49.7 Å². The Labute approximate surface area is 245 Å². The molecule has 7 nitrogen and oxygen atoms in total. The minimum Gasteiger partial charge on any atom is -0.495 e. The van der Waals surface area contributed by atoms with Gasteiger partial charge in [-0.15, -0.1) is 0 Å². The summed E-state index contributed by atoms with van der Waals surface area (Å²) in [5.41, 5.74) is 2.14. The van der Waals surface area contributed by atoms with E-state index in [4.69, 9.17) is 16.3 Å². The highest BCUT2D eigenvalue weighted by Crippen LogP contribution is 2.42. The second-order valence-corrected chi connectivity index (χ2v) is 13.7. The number of amides is 1. The number of sulfone groups is 1. The number of piperazine rings is 1. The van der Waals surface area contributed by atoms with Gasteiger partial charge in [-0.05, 0) is 74.2 Å². The molecule has 2 bridgehead atoms. The second kappa shape index (κ2) is 11.2. The maximum Gasteiger partial charge on any atom is 0.255 e. The molecule has 3 heterocycles. The molecule has 3 fully saturated rings. The molecule has 0 aliphatic carbocycles. The Balaban J connectivity index is 1.21. The van der Waals surface area contributed by atoms with Crippen LogP contribution in [-0.4, -0.2) is 69.8 Å². The summed E-state index contributed by atoms with van der Waals surface area (Å²) in [6.07, 6.45) is 2.86. The van der Waals surface area contributed by atoms with E-state index in [9.17, 15) is 17.6 Å². The number of benzene rings is 3. The zero-order valence-corrected chi connectivity index (χ0v) is 24.5. The zero-order valence-electron chi connectivity index (χ0n) is 22.9. The summed E-state index contributed by atoms with van der Waals surface area (Å²) < 4.78 is 46.9. The van der Waals surface area contributed by atoms with Gasteiger partial charge in [0.1, 0.15) is 11.6 Å². The van der Waals surface area contributed by atoms with E-state index in [1.807, 2.05) is 18.2 Å². The van der Waals surface area contributed by atoms with Crippen molar-refractivity contribution in [2.45, 2.75) is 47.9 Å². The first-order valence-electron chi connectivity index (χ1n) is 14.0. The lowest BCUT2D eigenvalue weighted by Gasteiger charge is -2.43. The van der Waals surface area contributed by atoms with Crippen molar-refractivity contribution in [1.82, 2.24) is 4.90 Å². The number of hydrogen-bond donors (Lipinski definition) is 0. The van der Waals surface area contributed by atoms with Gasteiger partial charge >= 0.3 is 0 Å². The molecule has 3 aromatic rings. The molecule has 0 spiro atoms. The molecule has 3 saturated heterocycles. The van der Waals surface area contributed by atoms with E-state index in [0.717, 1.165) is 30.3 Å². The van der Waals surface area contributed by atoms with Crippen LogP contribution in [0, 0.1) is 5.82 Å². The Kier molecular flexibility index (Phi) is 7.59. The summed E-state index contributed by atoms with van der Waals surface area (Å²) in [5.74, 6) is -0.0992. The highest BCUT2D eigenvalue weighted by Gasteiger charge is 2.43. The van der Waals surface area contributed by atoms with Crippen LogP contribution in [0.3, 0.4) is 0 Å². The van der Waals surface area contributed by atoms with Crippen LogP contribution in [0.5, 0.6) is 5.75 Å². The average Bonchev–Trinajstić information content (AvgIpc) is 3.25. The van der Waals surface area contributed by atoms with Crippen molar-refractivity contribution < 1.29 is 22.3 Å². The molecule has 0 unspecified atom stereocenters. The molecule has 0 N–H and O–H groups in total. The van der Waals surface area contributed by atoms with E-state index in [1.54, 1.807) is 30.2 Å². The first-order chi connectivity index (χ1) is 19.8. The maximum atomic E-state index is 13.8. The van der Waals surface area contributed by atoms with E-state index >= 15 is 0 Å².